The lowest BCUT2D eigenvalue weighted by Gasteiger charge is -2.12. The van der Waals surface area contributed by atoms with Gasteiger partial charge < -0.3 is 4.74 Å². The minimum atomic E-state index is 0.337. The van der Waals surface area contributed by atoms with Crippen molar-refractivity contribution < 1.29 is 4.74 Å². The summed E-state index contributed by atoms with van der Waals surface area (Å²) in [6.07, 6.45) is 3.73. The molecule has 0 aliphatic rings. The van der Waals surface area contributed by atoms with Crippen LogP contribution in [0, 0.1) is 0 Å². The van der Waals surface area contributed by atoms with Gasteiger partial charge >= 0.3 is 0 Å². The van der Waals surface area contributed by atoms with Gasteiger partial charge in [-0.25, -0.2) is 0 Å². The number of benzene rings is 1. The molecule has 0 saturated carbocycles. The minimum absolute atomic E-state index is 0.337. The molecule has 0 unspecified atom stereocenters. The van der Waals surface area contributed by atoms with E-state index in [4.69, 9.17) is 4.74 Å². The Labute approximate surface area is 87.1 Å². The largest absolute Gasteiger partial charge is 0.378 e. The molecule has 0 bridgehead atoms. The molecule has 1 aromatic carbocycles. The van der Waals surface area contributed by atoms with E-state index in [0.717, 1.165) is 13.0 Å². The maximum absolute atomic E-state index is 5.69. The van der Waals surface area contributed by atoms with Crippen LogP contribution in [0.3, 0.4) is 0 Å². The Balaban J connectivity index is 2.23. The van der Waals surface area contributed by atoms with Crippen molar-refractivity contribution in [3.63, 3.8) is 0 Å². The molecule has 0 aliphatic carbocycles. The molecular weight excluding hydrogens is 172 g/mol. The van der Waals surface area contributed by atoms with Crippen LogP contribution in [0.25, 0.3) is 0 Å². The van der Waals surface area contributed by atoms with Gasteiger partial charge in [-0.15, -0.1) is 0 Å². The highest BCUT2D eigenvalue weighted by atomic mass is 16.5. The van der Waals surface area contributed by atoms with Crippen LogP contribution in [0.5, 0.6) is 0 Å². The summed E-state index contributed by atoms with van der Waals surface area (Å²) in [5.74, 6) is 0. The standard InChI is InChI=1S/C13H20O/c1-3-4-10-14-12(2)11-13-8-6-5-7-9-13/h5-9,12H,3-4,10-11H2,1-2H3/t12-/m0/s1. The molecule has 0 saturated heterocycles. The molecule has 1 atom stereocenters. The van der Waals surface area contributed by atoms with Crippen LogP contribution in [0.4, 0.5) is 0 Å². The lowest BCUT2D eigenvalue weighted by Crippen LogP contribution is -2.12. The summed E-state index contributed by atoms with van der Waals surface area (Å²) in [4.78, 5) is 0. The Hall–Kier alpha value is -0.820. The van der Waals surface area contributed by atoms with Crippen LogP contribution >= 0.6 is 0 Å². The van der Waals surface area contributed by atoms with E-state index in [9.17, 15) is 0 Å². The monoisotopic (exact) mass is 192 g/mol. The zero-order valence-corrected chi connectivity index (χ0v) is 9.20. The van der Waals surface area contributed by atoms with Crippen molar-refractivity contribution in [3.8, 4) is 0 Å². The number of hydrogen-bond acceptors (Lipinski definition) is 1. The van der Waals surface area contributed by atoms with Gasteiger partial charge in [-0.2, -0.15) is 0 Å². The minimum Gasteiger partial charge on any atom is -0.378 e. The SMILES string of the molecule is CCCCO[C@@H](C)Cc1ccccc1. The van der Waals surface area contributed by atoms with Crippen molar-refractivity contribution in [2.75, 3.05) is 6.61 Å². The number of ether oxygens (including phenoxy) is 1. The Bertz CT molecular complexity index is 230. The second-order valence-corrected chi connectivity index (χ2v) is 3.72. The van der Waals surface area contributed by atoms with E-state index in [1.807, 2.05) is 6.07 Å². The van der Waals surface area contributed by atoms with Crippen molar-refractivity contribution in [2.45, 2.75) is 39.2 Å². The third-order valence-corrected chi connectivity index (χ3v) is 2.27. The van der Waals surface area contributed by atoms with Crippen LogP contribution < -0.4 is 0 Å². The van der Waals surface area contributed by atoms with Crippen LogP contribution in [-0.2, 0) is 11.2 Å². The normalized spacial score (nSPS) is 12.7. The van der Waals surface area contributed by atoms with Crippen molar-refractivity contribution in [1.29, 1.82) is 0 Å². The Morgan fingerprint density at radius 1 is 1.21 bits per heavy atom. The van der Waals surface area contributed by atoms with Crippen LogP contribution in [0.2, 0.25) is 0 Å². The third-order valence-electron chi connectivity index (χ3n) is 2.27. The molecule has 0 amide bonds. The van der Waals surface area contributed by atoms with E-state index in [1.54, 1.807) is 0 Å². The first-order valence-corrected chi connectivity index (χ1v) is 5.48. The lowest BCUT2D eigenvalue weighted by atomic mass is 10.1. The predicted octanol–water partition coefficient (Wildman–Crippen LogP) is 3.43. The van der Waals surface area contributed by atoms with E-state index >= 15 is 0 Å². The zero-order chi connectivity index (χ0) is 10.2. The number of unbranched alkanes of at least 4 members (excludes halogenated alkanes) is 1. The van der Waals surface area contributed by atoms with E-state index in [-0.39, 0.29) is 0 Å². The highest BCUT2D eigenvalue weighted by Gasteiger charge is 2.02. The van der Waals surface area contributed by atoms with Crippen LogP contribution in [-0.4, -0.2) is 12.7 Å². The van der Waals surface area contributed by atoms with E-state index in [2.05, 4.69) is 38.1 Å². The highest BCUT2D eigenvalue weighted by molar-refractivity contribution is 5.15. The van der Waals surface area contributed by atoms with E-state index in [0.29, 0.717) is 6.10 Å². The summed E-state index contributed by atoms with van der Waals surface area (Å²) in [6, 6.07) is 10.5. The summed E-state index contributed by atoms with van der Waals surface area (Å²) in [5.41, 5.74) is 1.36. The summed E-state index contributed by atoms with van der Waals surface area (Å²) in [6.45, 7) is 5.22. The van der Waals surface area contributed by atoms with E-state index < -0.39 is 0 Å². The summed E-state index contributed by atoms with van der Waals surface area (Å²) in [7, 11) is 0. The van der Waals surface area contributed by atoms with Gasteiger partial charge in [0.05, 0.1) is 6.10 Å². The van der Waals surface area contributed by atoms with Gasteiger partial charge in [0.1, 0.15) is 0 Å². The first-order chi connectivity index (χ1) is 6.83. The summed E-state index contributed by atoms with van der Waals surface area (Å²) < 4.78 is 5.69. The van der Waals surface area contributed by atoms with Gasteiger partial charge in [-0.3, -0.25) is 0 Å². The number of rotatable bonds is 6. The molecule has 0 heterocycles. The molecule has 78 valence electrons. The first-order valence-electron chi connectivity index (χ1n) is 5.48. The van der Waals surface area contributed by atoms with E-state index in [1.165, 1.54) is 18.4 Å². The summed E-state index contributed by atoms with van der Waals surface area (Å²) >= 11 is 0. The Morgan fingerprint density at radius 3 is 2.57 bits per heavy atom. The zero-order valence-electron chi connectivity index (χ0n) is 9.20. The third kappa shape index (κ3) is 4.43. The molecule has 0 aliphatic heterocycles. The Kier molecular flexibility index (Phi) is 5.31. The topological polar surface area (TPSA) is 9.23 Å². The second kappa shape index (κ2) is 6.61. The fourth-order valence-corrected chi connectivity index (χ4v) is 1.43. The molecule has 0 fully saturated rings. The van der Waals surface area contributed by atoms with Crippen molar-refractivity contribution >= 4 is 0 Å². The van der Waals surface area contributed by atoms with Crippen LogP contribution in [0.1, 0.15) is 32.3 Å². The predicted molar refractivity (Wildman–Crippen MR) is 60.5 cm³/mol. The maximum Gasteiger partial charge on any atom is 0.0587 e. The lowest BCUT2D eigenvalue weighted by molar-refractivity contribution is 0.0644. The quantitative estimate of drug-likeness (QED) is 0.627. The molecule has 1 aromatic rings. The van der Waals surface area contributed by atoms with Crippen molar-refractivity contribution in [3.05, 3.63) is 35.9 Å². The molecule has 0 radical (unpaired) electrons. The average Bonchev–Trinajstić information content (AvgIpc) is 2.20. The molecule has 1 rings (SSSR count). The summed E-state index contributed by atoms with van der Waals surface area (Å²) in [5, 5.41) is 0. The number of hydrogen-bond donors (Lipinski definition) is 0. The molecule has 0 aromatic heterocycles. The second-order valence-electron chi connectivity index (χ2n) is 3.72. The fraction of sp³-hybridized carbons (Fsp3) is 0.538. The van der Waals surface area contributed by atoms with Gasteiger partial charge in [-0.1, -0.05) is 43.7 Å². The molecule has 1 heteroatoms. The highest BCUT2D eigenvalue weighted by Crippen LogP contribution is 2.05. The molecule has 0 N–H and O–H groups in total. The van der Waals surface area contributed by atoms with Gasteiger partial charge in [0.2, 0.25) is 0 Å². The van der Waals surface area contributed by atoms with Gasteiger partial charge in [0.15, 0.2) is 0 Å². The molecule has 14 heavy (non-hydrogen) atoms. The van der Waals surface area contributed by atoms with Gasteiger partial charge in [0.25, 0.3) is 0 Å². The fourth-order valence-electron chi connectivity index (χ4n) is 1.43. The van der Waals surface area contributed by atoms with Crippen molar-refractivity contribution in [1.82, 2.24) is 0 Å². The molecule has 1 nitrogen and oxygen atoms in total. The van der Waals surface area contributed by atoms with Crippen LogP contribution in [0.15, 0.2) is 30.3 Å². The van der Waals surface area contributed by atoms with Crippen molar-refractivity contribution in [2.24, 2.45) is 0 Å². The maximum atomic E-state index is 5.69. The van der Waals surface area contributed by atoms with Gasteiger partial charge in [0, 0.05) is 6.61 Å². The molecule has 0 spiro atoms. The van der Waals surface area contributed by atoms with Gasteiger partial charge in [-0.05, 0) is 25.3 Å². The average molecular weight is 192 g/mol. The first kappa shape index (κ1) is 11.3. The smallest absolute Gasteiger partial charge is 0.0587 e. The molecular formula is C13H20O. The Morgan fingerprint density at radius 2 is 1.93 bits per heavy atom.